The Hall–Kier alpha value is -3.94. The van der Waals surface area contributed by atoms with Gasteiger partial charge in [-0.25, -0.2) is 4.39 Å². The Kier molecular flexibility index (Phi) is 18.9. The zero-order chi connectivity index (χ0) is 33.1. The van der Waals surface area contributed by atoms with E-state index in [1.165, 1.54) is 25.5 Å². The molecule has 0 bridgehead atoms. The van der Waals surface area contributed by atoms with Gasteiger partial charge in [0.1, 0.15) is 18.3 Å². The molecule has 1 heterocycles. The standard InChI is InChI=1S/C30H39FN3O4.C3H8.C2H6/c1-9-28(32(6)19-22(3)33(7)20-38-24(5)35)29(37-8)18-21(2)17-26-11-10-16-34(30(26)36)23(4)25-12-14-27(31)15-13-25;1-3-2;1-2/h9,12-15,17-19,23H,2,7,10-11,16,20H2,1,3-6,8H3;3H2,1-2H3;1-2H3/q+1;;/b22-19-,26-17+,28-9+,29-18+;;. The van der Waals surface area contributed by atoms with E-state index in [1.54, 1.807) is 36.0 Å². The van der Waals surface area contributed by atoms with Crippen LogP contribution in [0.15, 0.2) is 83.6 Å². The van der Waals surface area contributed by atoms with Crippen LogP contribution in [0.1, 0.15) is 86.3 Å². The van der Waals surface area contributed by atoms with E-state index in [-0.39, 0.29) is 30.5 Å². The van der Waals surface area contributed by atoms with Crippen molar-refractivity contribution in [3.8, 4) is 0 Å². The molecule has 1 amide bonds. The Morgan fingerprint density at radius 1 is 1.21 bits per heavy atom. The summed E-state index contributed by atoms with van der Waals surface area (Å²) in [4.78, 5) is 28.1. The number of hydrogen-bond acceptors (Lipinski definition) is 5. The van der Waals surface area contributed by atoms with E-state index in [0.717, 1.165) is 23.4 Å². The van der Waals surface area contributed by atoms with E-state index < -0.39 is 0 Å². The highest BCUT2D eigenvalue weighted by molar-refractivity contribution is 5.95. The van der Waals surface area contributed by atoms with Crippen molar-refractivity contribution in [3.05, 3.63) is 95.0 Å². The summed E-state index contributed by atoms with van der Waals surface area (Å²) < 4.78 is 25.6. The zero-order valence-corrected chi connectivity index (χ0v) is 28.0. The summed E-state index contributed by atoms with van der Waals surface area (Å²) >= 11 is 0. The van der Waals surface area contributed by atoms with E-state index >= 15 is 0 Å². The zero-order valence-electron chi connectivity index (χ0n) is 28.0. The lowest BCUT2D eigenvalue weighted by Gasteiger charge is -2.34. The number of benzene rings is 1. The molecule has 7 nitrogen and oxygen atoms in total. The lowest BCUT2D eigenvalue weighted by atomic mass is 9.97. The maximum atomic E-state index is 13.3. The second-order valence-corrected chi connectivity index (χ2v) is 9.85. The molecule has 1 unspecified atom stereocenters. The van der Waals surface area contributed by atoms with Gasteiger partial charge in [0.25, 0.3) is 6.73 Å². The number of carbonyl (C=O) groups excluding carboxylic acids is 2. The number of likely N-dealkylation sites (N-methyl/N-ethyl adjacent to an activating group) is 1. The van der Waals surface area contributed by atoms with Gasteiger partial charge in [-0.15, -0.1) is 0 Å². The van der Waals surface area contributed by atoms with E-state index in [2.05, 4.69) is 27.1 Å². The van der Waals surface area contributed by atoms with Crippen molar-refractivity contribution in [1.82, 2.24) is 9.80 Å². The normalized spacial score (nSPS) is 15.4. The SMILES string of the molecule is C=C(/C=C1\CCCN(C(C)c2ccc(F)cc2)C1=O)/C=C(OC)\C(=C/C)N(C)/C=C(/C)[N+](=C)COC(C)=O.CC.CCC. The minimum absolute atomic E-state index is 0.0405. The van der Waals surface area contributed by atoms with Crippen LogP contribution in [0.25, 0.3) is 0 Å². The fourth-order valence-corrected chi connectivity index (χ4v) is 4.15. The molecule has 43 heavy (non-hydrogen) atoms. The first-order valence-electron chi connectivity index (χ1n) is 14.9. The summed E-state index contributed by atoms with van der Waals surface area (Å²) in [7, 11) is 3.44. The van der Waals surface area contributed by atoms with Crippen molar-refractivity contribution in [3.63, 3.8) is 0 Å². The molecule has 0 N–H and O–H groups in total. The van der Waals surface area contributed by atoms with Crippen LogP contribution < -0.4 is 0 Å². The molecule has 1 aliphatic rings. The molecule has 2 rings (SSSR count). The van der Waals surface area contributed by atoms with E-state index in [4.69, 9.17) is 9.47 Å². The number of likely N-dealkylation sites (tertiary alicyclic amines) is 1. The number of carbonyl (C=O) groups is 2. The highest BCUT2D eigenvalue weighted by Gasteiger charge is 2.28. The minimum atomic E-state index is -0.379. The molecule has 238 valence electrons. The van der Waals surface area contributed by atoms with Gasteiger partial charge in [0.2, 0.25) is 5.91 Å². The first kappa shape index (κ1) is 39.1. The topological polar surface area (TPSA) is 62.1 Å². The van der Waals surface area contributed by atoms with Crippen LogP contribution in [-0.2, 0) is 19.1 Å². The Labute approximate surface area is 259 Å². The van der Waals surface area contributed by atoms with Gasteiger partial charge in [0.05, 0.1) is 25.0 Å². The van der Waals surface area contributed by atoms with Gasteiger partial charge in [-0.05, 0) is 62.1 Å². The van der Waals surface area contributed by atoms with Crippen molar-refractivity contribution in [2.45, 2.75) is 80.7 Å². The third-order valence-corrected chi connectivity index (χ3v) is 6.31. The van der Waals surface area contributed by atoms with Crippen molar-refractivity contribution in [2.75, 3.05) is 27.4 Å². The quantitative estimate of drug-likeness (QED) is 0.0493. The fourth-order valence-electron chi connectivity index (χ4n) is 4.15. The van der Waals surface area contributed by atoms with Gasteiger partial charge >= 0.3 is 5.97 Å². The largest absolute Gasteiger partial charge is 0.495 e. The number of esters is 1. The molecule has 1 aliphatic heterocycles. The van der Waals surface area contributed by atoms with Crippen LogP contribution >= 0.6 is 0 Å². The predicted molar refractivity (Wildman–Crippen MR) is 175 cm³/mol. The molecular weight excluding hydrogens is 545 g/mol. The monoisotopic (exact) mass is 598 g/mol. The van der Waals surface area contributed by atoms with Crippen molar-refractivity contribution >= 4 is 18.6 Å². The second-order valence-electron chi connectivity index (χ2n) is 9.85. The van der Waals surface area contributed by atoms with Crippen molar-refractivity contribution in [1.29, 1.82) is 0 Å². The lowest BCUT2D eigenvalue weighted by molar-refractivity contribution is -0.508. The summed E-state index contributed by atoms with van der Waals surface area (Å²) in [5.41, 5.74) is 3.73. The van der Waals surface area contributed by atoms with Crippen LogP contribution in [0, 0.1) is 5.82 Å². The highest BCUT2D eigenvalue weighted by atomic mass is 19.1. The summed E-state index contributed by atoms with van der Waals surface area (Å²) in [6.45, 7) is 24.0. The Bertz CT molecular complexity index is 1200. The van der Waals surface area contributed by atoms with Crippen LogP contribution in [0.2, 0.25) is 0 Å². The van der Waals surface area contributed by atoms with Crippen molar-refractivity contribution < 1.29 is 28.0 Å². The third kappa shape index (κ3) is 13.3. The van der Waals surface area contributed by atoms with Crippen LogP contribution in [0.4, 0.5) is 4.39 Å². The van der Waals surface area contributed by atoms with Gasteiger partial charge in [-0.2, -0.15) is 4.58 Å². The minimum Gasteiger partial charge on any atom is -0.495 e. The van der Waals surface area contributed by atoms with Crippen LogP contribution in [-0.4, -0.2) is 60.4 Å². The summed E-state index contributed by atoms with van der Waals surface area (Å²) in [5, 5.41) is 0. The third-order valence-electron chi connectivity index (χ3n) is 6.31. The average molecular weight is 599 g/mol. The molecule has 1 aromatic carbocycles. The summed E-state index contributed by atoms with van der Waals surface area (Å²) in [6.07, 6.45) is 10.1. The molecule has 0 radical (unpaired) electrons. The Morgan fingerprint density at radius 2 is 1.79 bits per heavy atom. The Balaban J connectivity index is 0.00000331. The van der Waals surface area contributed by atoms with Crippen LogP contribution in [0.5, 0.6) is 0 Å². The van der Waals surface area contributed by atoms with E-state index in [9.17, 15) is 14.0 Å². The molecule has 0 aromatic heterocycles. The fraction of sp³-hybridized carbons (Fsp3) is 0.457. The first-order valence-corrected chi connectivity index (χ1v) is 14.9. The second kappa shape index (κ2) is 20.9. The van der Waals surface area contributed by atoms with E-state index in [0.29, 0.717) is 29.9 Å². The molecule has 1 atom stereocenters. The summed E-state index contributed by atoms with van der Waals surface area (Å²) in [5.74, 6) is -0.162. The number of amides is 1. The number of rotatable bonds is 11. The predicted octanol–water partition coefficient (Wildman–Crippen LogP) is 7.90. The molecule has 0 spiro atoms. The number of piperidine rings is 1. The van der Waals surface area contributed by atoms with E-state index in [1.807, 2.05) is 63.7 Å². The average Bonchev–Trinajstić information content (AvgIpc) is 2.98. The van der Waals surface area contributed by atoms with Gasteiger partial charge in [0, 0.05) is 33.0 Å². The number of hydrogen-bond donors (Lipinski definition) is 0. The number of nitrogens with zero attached hydrogens (tertiary/aromatic N) is 3. The smallest absolute Gasteiger partial charge is 0.307 e. The van der Waals surface area contributed by atoms with Crippen LogP contribution in [0.3, 0.4) is 0 Å². The van der Waals surface area contributed by atoms with Gasteiger partial charge in [0.15, 0.2) is 5.70 Å². The summed E-state index contributed by atoms with van der Waals surface area (Å²) in [6, 6.07) is 6.09. The van der Waals surface area contributed by atoms with Gasteiger partial charge in [-0.3, -0.25) is 9.59 Å². The maximum Gasteiger partial charge on any atom is 0.307 e. The molecule has 1 saturated heterocycles. The highest BCUT2D eigenvalue weighted by Crippen LogP contribution is 2.28. The molecule has 1 fully saturated rings. The number of allylic oxidation sites excluding steroid dienone is 5. The number of ether oxygens (including phenoxy) is 2. The molecule has 8 heteroatoms. The molecule has 0 aliphatic carbocycles. The number of methoxy groups -OCH3 is 1. The van der Waals surface area contributed by atoms with Crippen molar-refractivity contribution in [2.24, 2.45) is 0 Å². The lowest BCUT2D eigenvalue weighted by Crippen LogP contribution is -2.38. The Morgan fingerprint density at radius 3 is 2.30 bits per heavy atom. The van der Waals surface area contributed by atoms with Gasteiger partial charge < -0.3 is 19.3 Å². The molecule has 0 saturated carbocycles. The number of halogens is 1. The molecule has 1 aromatic rings. The maximum absolute atomic E-state index is 13.3. The van der Waals surface area contributed by atoms with Gasteiger partial charge in [-0.1, -0.05) is 58.9 Å². The molecular formula is C35H53FN3O4+. The first-order chi connectivity index (χ1) is 20.4.